The zero-order valence-electron chi connectivity index (χ0n) is 14.9. The number of hydrogen-bond donors (Lipinski definition) is 2. The molecule has 0 atom stereocenters. The molecule has 9 heteroatoms. The second kappa shape index (κ2) is 9.54. The smallest absolute Gasteiger partial charge is 0.417 e. The predicted molar refractivity (Wildman–Crippen MR) is 97.1 cm³/mol. The number of para-hydroxylation sites is 1. The van der Waals surface area contributed by atoms with E-state index >= 15 is 0 Å². The summed E-state index contributed by atoms with van der Waals surface area (Å²) >= 11 is 0. The molecule has 0 radical (unpaired) electrons. The summed E-state index contributed by atoms with van der Waals surface area (Å²) in [5.74, 6) is -1.11. The number of hydrazone groups is 1. The van der Waals surface area contributed by atoms with Crippen LogP contribution in [-0.2, 0) is 11.0 Å². The first kappa shape index (κ1) is 20.9. The number of amides is 2. The molecule has 0 fully saturated rings. The normalized spacial score (nSPS) is 11.3. The van der Waals surface area contributed by atoms with Gasteiger partial charge in [-0.25, -0.2) is 5.43 Å². The second-order valence-electron chi connectivity index (χ2n) is 5.49. The molecule has 0 bridgehead atoms. The number of alkyl halides is 3. The Labute approximate surface area is 159 Å². The van der Waals surface area contributed by atoms with Gasteiger partial charge >= 0.3 is 6.18 Å². The lowest BCUT2D eigenvalue weighted by molar-refractivity contribution is -0.137. The van der Waals surface area contributed by atoms with Crippen LogP contribution in [0.25, 0.3) is 0 Å². The summed E-state index contributed by atoms with van der Waals surface area (Å²) in [4.78, 5) is 23.8. The summed E-state index contributed by atoms with van der Waals surface area (Å²) < 4.78 is 44.2. The van der Waals surface area contributed by atoms with Gasteiger partial charge in [-0.2, -0.15) is 18.3 Å². The first-order valence-electron chi connectivity index (χ1n) is 8.31. The van der Waals surface area contributed by atoms with Crippen LogP contribution in [0.3, 0.4) is 0 Å². The van der Waals surface area contributed by atoms with Crippen molar-refractivity contribution in [3.8, 4) is 5.75 Å². The fraction of sp³-hybridized carbons (Fsp3) is 0.211. The molecule has 2 rings (SSSR count). The highest BCUT2D eigenvalue weighted by atomic mass is 19.4. The molecule has 0 aliphatic rings. The maximum atomic E-state index is 12.9. The lowest BCUT2D eigenvalue weighted by atomic mass is 10.1. The number of ether oxygens (including phenoxy) is 1. The minimum absolute atomic E-state index is 0.461. The summed E-state index contributed by atoms with van der Waals surface area (Å²) in [5.41, 5.74) is 1.19. The van der Waals surface area contributed by atoms with Gasteiger partial charge in [0.1, 0.15) is 5.75 Å². The van der Waals surface area contributed by atoms with Crippen molar-refractivity contribution in [2.75, 3.05) is 13.2 Å². The number of carbonyl (C=O) groups excluding carboxylic acids is 2. The van der Waals surface area contributed by atoms with Gasteiger partial charge in [0.25, 0.3) is 11.8 Å². The van der Waals surface area contributed by atoms with Crippen molar-refractivity contribution in [2.24, 2.45) is 5.10 Å². The van der Waals surface area contributed by atoms with E-state index in [2.05, 4.69) is 15.8 Å². The van der Waals surface area contributed by atoms with Crippen LogP contribution >= 0.6 is 0 Å². The summed E-state index contributed by atoms with van der Waals surface area (Å²) in [6, 6.07) is 11.4. The lowest BCUT2D eigenvalue weighted by Crippen LogP contribution is -2.35. The van der Waals surface area contributed by atoms with Crippen molar-refractivity contribution in [2.45, 2.75) is 13.1 Å². The predicted octanol–water partition coefficient (Wildman–Crippen LogP) is 2.98. The highest BCUT2D eigenvalue weighted by Gasteiger charge is 2.34. The molecule has 0 saturated heterocycles. The molecule has 0 aliphatic carbocycles. The molecule has 28 heavy (non-hydrogen) atoms. The molecule has 148 valence electrons. The molecule has 6 nitrogen and oxygen atoms in total. The number of halogens is 3. The van der Waals surface area contributed by atoms with Crippen LogP contribution < -0.4 is 15.5 Å². The lowest BCUT2D eigenvalue weighted by Gasteiger charge is -2.12. The Hall–Kier alpha value is -3.36. The van der Waals surface area contributed by atoms with E-state index in [1.54, 1.807) is 24.3 Å². The standard InChI is InChI=1S/C19H18F3N3O3/c1-2-28-16-10-6-3-7-13(16)11-24-25-17(26)12-23-18(27)14-8-4-5-9-15(14)19(20,21)22/h3-11H,2,12H2,1H3,(H,23,27)(H,25,26)/b24-11+. The maximum absolute atomic E-state index is 12.9. The average molecular weight is 393 g/mol. The molecular formula is C19H18F3N3O3. The van der Waals surface area contributed by atoms with Crippen molar-refractivity contribution in [3.05, 3.63) is 65.2 Å². The number of benzene rings is 2. The van der Waals surface area contributed by atoms with Crippen LogP contribution in [0.2, 0.25) is 0 Å². The molecule has 0 aliphatic heterocycles. The van der Waals surface area contributed by atoms with E-state index in [1.165, 1.54) is 18.3 Å². The molecule has 2 aromatic rings. The number of hydrogen-bond acceptors (Lipinski definition) is 4. The van der Waals surface area contributed by atoms with E-state index in [9.17, 15) is 22.8 Å². The van der Waals surface area contributed by atoms with E-state index in [-0.39, 0.29) is 0 Å². The largest absolute Gasteiger partial charge is 0.493 e. The molecule has 0 spiro atoms. The summed E-state index contributed by atoms with van der Waals surface area (Å²) in [7, 11) is 0. The monoisotopic (exact) mass is 393 g/mol. The van der Waals surface area contributed by atoms with Gasteiger partial charge in [-0.15, -0.1) is 0 Å². The first-order chi connectivity index (χ1) is 13.3. The third kappa shape index (κ3) is 5.83. The molecule has 0 heterocycles. The molecule has 2 N–H and O–H groups in total. The fourth-order valence-electron chi connectivity index (χ4n) is 2.27. The van der Waals surface area contributed by atoms with Crippen molar-refractivity contribution >= 4 is 18.0 Å². The van der Waals surface area contributed by atoms with Gasteiger partial charge in [0.05, 0.1) is 30.5 Å². The van der Waals surface area contributed by atoms with Crippen LogP contribution in [0.5, 0.6) is 5.75 Å². The molecule has 2 amide bonds. The zero-order valence-corrected chi connectivity index (χ0v) is 14.9. The van der Waals surface area contributed by atoms with Crippen molar-refractivity contribution in [1.29, 1.82) is 0 Å². The molecule has 0 aromatic heterocycles. The van der Waals surface area contributed by atoms with E-state index in [0.29, 0.717) is 17.9 Å². The third-order valence-corrected chi connectivity index (χ3v) is 3.50. The zero-order chi connectivity index (χ0) is 20.6. The third-order valence-electron chi connectivity index (χ3n) is 3.50. The van der Waals surface area contributed by atoms with Crippen LogP contribution in [0.1, 0.15) is 28.4 Å². The molecule has 0 saturated carbocycles. The topological polar surface area (TPSA) is 79.8 Å². The molecule has 2 aromatic carbocycles. The van der Waals surface area contributed by atoms with Gasteiger partial charge in [-0.05, 0) is 31.2 Å². The van der Waals surface area contributed by atoms with Gasteiger partial charge in [-0.3, -0.25) is 9.59 Å². The Morgan fingerprint density at radius 1 is 1.11 bits per heavy atom. The minimum atomic E-state index is -4.67. The number of carbonyl (C=O) groups is 2. The van der Waals surface area contributed by atoms with Crippen LogP contribution in [0.15, 0.2) is 53.6 Å². The van der Waals surface area contributed by atoms with Crippen LogP contribution in [0.4, 0.5) is 13.2 Å². The van der Waals surface area contributed by atoms with E-state index in [0.717, 1.165) is 12.1 Å². The molecular weight excluding hydrogens is 375 g/mol. The number of rotatable bonds is 7. The van der Waals surface area contributed by atoms with Crippen molar-refractivity contribution < 1.29 is 27.5 Å². The van der Waals surface area contributed by atoms with Gasteiger partial charge in [0, 0.05) is 5.56 Å². The second-order valence-corrected chi connectivity index (χ2v) is 5.49. The highest BCUT2D eigenvalue weighted by molar-refractivity contribution is 5.98. The van der Waals surface area contributed by atoms with Crippen molar-refractivity contribution in [1.82, 2.24) is 10.7 Å². The van der Waals surface area contributed by atoms with Gasteiger partial charge in [-0.1, -0.05) is 24.3 Å². The number of nitrogens with zero attached hydrogens (tertiary/aromatic N) is 1. The van der Waals surface area contributed by atoms with Gasteiger partial charge in [0.15, 0.2) is 0 Å². The Balaban J connectivity index is 1.92. The number of nitrogens with one attached hydrogen (secondary N) is 2. The summed E-state index contributed by atoms with van der Waals surface area (Å²) in [6.45, 7) is 1.76. The maximum Gasteiger partial charge on any atom is 0.417 e. The SMILES string of the molecule is CCOc1ccccc1/C=N/NC(=O)CNC(=O)c1ccccc1C(F)(F)F. The minimum Gasteiger partial charge on any atom is -0.493 e. The Kier molecular flexibility index (Phi) is 7.14. The Morgan fingerprint density at radius 2 is 1.79 bits per heavy atom. The summed E-state index contributed by atoms with van der Waals surface area (Å²) in [6.07, 6.45) is -3.31. The van der Waals surface area contributed by atoms with Crippen LogP contribution in [-0.4, -0.2) is 31.2 Å². The average Bonchev–Trinajstić information content (AvgIpc) is 2.67. The fourth-order valence-corrected chi connectivity index (χ4v) is 2.27. The van der Waals surface area contributed by atoms with Gasteiger partial charge < -0.3 is 10.1 Å². The van der Waals surface area contributed by atoms with Crippen LogP contribution in [0, 0.1) is 0 Å². The quantitative estimate of drug-likeness (QED) is 0.561. The first-order valence-corrected chi connectivity index (χ1v) is 8.31. The Bertz CT molecular complexity index is 867. The van der Waals surface area contributed by atoms with Crippen molar-refractivity contribution in [3.63, 3.8) is 0 Å². The molecule has 0 unspecified atom stereocenters. The Morgan fingerprint density at radius 3 is 2.50 bits per heavy atom. The van der Waals surface area contributed by atoms with E-state index in [4.69, 9.17) is 4.74 Å². The highest BCUT2D eigenvalue weighted by Crippen LogP contribution is 2.31. The summed E-state index contributed by atoms with van der Waals surface area (Å²) in [5, 5.41) is 5.90. The van der Waals surface area contributed by atoms with E-state index < -0.39 is 35.7 Å². The van der Waals surface area contributed by atoms with E-state index in [1.807, 2.05) is 6.92 Å². The van der Waals surface area contributed by atoms with Gasteiger partial charge in [0.2, 0.25) is 0 Å².